The maximum Gasteiger partial charge on any atom is 0.251 e. The summed E-state index contributed by atoms with van der Waals surface area (Å²) < 4.78 is 16.1. The third kappa shape index (κ3) is 6.49. The molecule has 0 unspecified atom stereocenters. The summed E-state index contributed by atoms with van der Waals surface area (Å²) in [6.45, 7) is 10.0. The van der Waals surface area contributed by atoms with Crippen LogP contribution >= 0.6 is 0 Å². The first-order valence-electron chi connectivity index (χ1n) is 10.4. The SMILES string of the molecule is COc1cc(Nc2cc(C(=O)NCCN(C(C)C)C(C)C)ccn2)cc(OC)c1OC. The first-order valence-corrected chi connectivity index (χ1v) is 10.4. The van der Waals surface area contributed by atoms with Gasteiger partial charge in [0.25, 0.3) is 5.91 Å². The van der Waals surface area contributed by atoms with Crippen LogP contribution in [0.2, 0.25) is 0 Å². The van der Waals surface area contributed by atoms with Gasteiger partial charge in [0.05, 0.1) is 21.3 Å². The van der Waals surface area contributed by atoms with Gasteiger partial charge in [-0.1, -0.05) is 0 Å². The molecule has 0 aliphatic carbocycles. The van der Waals surface area contributed by atoms with Crippen LogP contribution in [-0.2, 0) is 0 Å². The zero-order valence-electron chi connectivity index (χ0n) is 19.5. The van der Waals surface area contributed by atoms with Gasteiger partial charge in [0, 0.05) is 54.8 Å². The Kier molecular flexibility index (Phi) is 8.93. The number of carbonyl (C=O) groups is 1. The molecular weight excluding hydrogens is 396 g/mol. The molecule has 0 saturated carbocycles. The van der Waals surface area contributed by atoms with Gasteiger partial charge in [-0.05, 0) is 39.8 Å². The van der Waals surface area contributed by atoms with Gasteiger partial charge >= 0.3 is 0 Å². The lowest BCUT2D eigenvalue weighted by atomic mass is 10.2. The summed E-state index contributed by atoms with van der Waals surface area (Å²) in [4.78, 5) is 19.3. The van der Waals surface area contributed by atoms with E-state index >= 15 is 0 Å². The van der Waals surface area contributed by atoms with Crippen molar-refractivity contribution in [3.05, 3.63) is 36.0 Å². The zero-order valence-corrected chi connectivity index (χ0v) is 19.5. The van der Waals surface area contributed by atoms with Gasteiger partial charge in [-0.25, -0.2) is 4.98 Å². The second kappa shape index (κ2) is 11.4. The molecule has 8 nitrogen and oxygen atoms in total. The highest BCUT2D eigenvalue weighted by Crippen LogP contribution is 2.40. The van der Waals surface area contributed by atoms with E-state index in [4.69, 9.17) is 14.2 Å². The van der Waals surface area contributed by atoms with Crippen molar-refractivity contribution in [3.63, 3.8) is 0 Å². The van der Waals surface area contributed by atoms with Crippen molar-refractivity contribution in [2.45, 2.75) is 39.8 Å². The molecule has 0 aliphatic heterocycles. The van der Waals surface area contributed by atoms with E-state index in [1.54, 1.807) is 51.8 Å². The van der Waals surface area contributed by atoms with Gasteiger partial charge in [0.15, 0.2) is 11.5 Å². The zero-order chi connectivity index (χ0) is 23.0. The highest BCUT2D eigenvalue weighted by molar-refractivity contribution is 5.94. The fourth-order valence-corrected chi connectivity index (χ4v) is 3.45. The summed E-state index contributed by atoms with van der Waals surface area (Å²) in [5.74, 6) is 1.96. The average molecular weight is 431 g/mol. The van der Waals surface area contributed by atoms with Crippen molar-refractivity contribution in [1.29, 1.82) is 0 Å². The molecule has 0 atom stereocenters. The maximum atomic E-state index is 12.6. The highest BCUT2D eigenvalue weighted by Gasteiger charge is 2.15. The van der Waals surface area contributed by atoms with Gasteiger partial charge in [0.2, 0.25) is 5.75 Å². The quantitative estimate of drug-likeness (QED) is 0.562. The molecule has 0 spiro atoms. The van der Waals surface area contributed by atoms with Crippen LogP contribution in [0.4, 0.5) is 11.5 Å². The number of amides is 1. The third-order valence-electron chi connectivity index (χ3n) is 4.94. The van der Waals surface area contributed by atoms with Crippen LogP contribution in [0.3, 0.4) is 0 Å². The van der Waals surface area contributed by atoms with Gasteiger partial charge in [-0.2, -0.15) is 0 Å². The van der Waals surface area contributed by atoms with Crippen molar-refractivity contribution in [2.75, 3.05) is 39.7 Å². The minimum atomic E-state index is -0.136. The fraction of sp³-hybridized carbons (Fsp3) is 0.478. The van der Waals surface area contributed by atoms with Crippen molar-refractivity contribution in [3.8, 4) is 17.2 Å². The standard InChI is InChI=1S/C23H34N4O4/c1-15(2)27(16(3)4)11-10-25-23(28)17-8-9-24-21(12-17)26-18-13-19(29-5)22(31-7)20(14-18)30-6/h8-9,12-16H,10-11H2,1-7H3,(H,24,26)(H,25,28). The molecule has 0 bridgehead atoms. The Morgan fingerprint density at radius 2 is 1.61 bits per heavy atom. The second-order valence-corrected chi connectivity index (χ2v) is 7.65. The van der Waals surface area contributed by atoms with Crippen molar-refractivity contribution in [1.82, 2.24) is 15.2 Å². The smallest absolute Gasteiger partial charge is 0.251 e. The van der Waals surface area contributed by atoms with Crippen LogP contribution in [0.1, 0.15) is 38.1 Å². The van der Waals surface area contributed by atoms with Crippen LogP contribution in [-0.4, -0.2) is 62.3 Å². The summed E-state index contributed by atoms with van der Waals surface area (Å²) >= 11 is 0. The molecule has 1 aromatic heterocycles. The number of ether oxygens (including phenoxy) is 3. The van der Waals surface area contributed by atoms with Crippen molar-refractivity contribution in [2.24, 2.45) is 0 Å². The predicted octanol–water partition coefficient (Wildman–Crippen LogP) is 3.70. The number of anilines is 2. The number of benzene rings is 1. The number of carbonyl (C=O) groups excluding carboxylic acids is 1. The molecule has 0 radical (unpaired) electrons. The molecule has 0 saturated heterocycles. The minimum absolute atomic E-state index is 0.136. The second-order valence-electron chi connectivity index (χ2n) is 7.65. The fourth-order valence-electron chi connectivity index (χ4n) is 3.45. The summed E-state index contributed by atoms with van der Waals surface area (Å²) in [5.41, 5.74) is 1.23. The number of aromatic nitrogens is 1. The molecule has 1 amide bonds. The van der Waals surface area contributed by atoms with E-state index < -0.39 is 0 Å². The average Bonchev–Trinajstić information content (AvgIpc) is 2.75. The van der Waals surface area contributed by atoms with Crippen LogP contribution in [0.15, 0.2) is 30.5 Å². The Morgan fingerprint density at radius 1 is 1.00 bits per heavy atom. The van der Waals surface area contributed by atoms with E-state index in [2.05, 4.69) is 48.2 Å². The topological polar surface area (TPSA) is 85.0 Å². The lowest BCUT2D eigenvalue weighted by Gasteiger charge is -2.30. The Hall–Kier alpha value is -3.00. The summed E-state index contributed by atoms with van der Waals surface area (Å²) in [7, 11) is 4.67. The Balaban J connectivity index is 2.09. The molecule has 0 aliphatic rings. The van der Waals surface area contributed by atoms with Crippen molar-refractivity contribution < 1.29 is 19.0 Å². The number of hydrogen-bond donors (Lipinski definition) is 2. The third-order valence-corrected chi connectivity index (χ3v) is 4.94. The van der Waals surface area contributed by atoms with Gasteiger partial charge in [0.1, 0.15) is 5.82 Å². The monoisotopic (exact) mass is 430 g/mol. The van der Waals surface area contributed by atoms with Crippen LogP contribution in [0, 0.1) is 0 Å². The van der Waals surface area contributed by atoms with E-state index in [1.807, 2.05) is 0 Å². The number of rotatable bonds is 11. The van der Waals surface area contributed by atoms with E-state index in [0.29, 0.717) is 52.9 Å². The summed E-state index contributed by atoms with van der Waals surface area (Å²) in [5, 5.41) is 6.18. The minimum Gasteiger partial charge on any atom is -0.493 e. The van der Waals surface area contributed by atoms with Gasteiger partial charge < -0.3 is 24.8 Å². The first kappa shape index (κ1) is 24.3. The van der Waals surface area contributed by atoms with Crippen LogP contribution in [0.5, 0.6) is 17.2 Å². The Morgan fingerprint density at radius 3 is 2.13 bits per heavy atom. The molecule has 2 aromatic rings. The lowest BCUT2D eigenvalue weighted by Crippen LogP contribution is -2.42. The molecule has 1 heterocycles. The number of nitrogens with one attached hydrogen (secondary N) is 2. The highest BCUT2D eigenvalue weighted by atomic mass is 16.5. The maximum absolute atomic E-state index is 12.6. The van der Waals surface area contributed by atoms with Crippen molar-refractivity contribution >= 4 is 17.4 Å². The van der Waals surface area contributed by atoms with E-state index in [9.17, 15) is 4.79 Å². The molecule has 31 heavy (non-hydrogen) atoms. The van der Waals surface area contributed by atoms with E-state index in [1.165, 1.54) is 0 Å². The molecule has 2 N–H and O–H groups in total. The van der Waals surface area contributed by atoms with E-state index in [0.717, 1.165) is 6.54 Å². The molecule has 2 rings (SSSR count). The predicted molar refractivity (Wildman–Crippen MR) is 123 cm³/mol. The van der Waals surface area contributed by atoms with Crippen LogP contribution in [0.25, 0.3) is 0 Å². The number of nitrogens with zero attached hydrogens (tertiary/aromatic N) is 2. The molecule has 0 fully saturated rings. The molecule has 1 aromatic carbocycles. The van der Waals surface area contributed by atoms with E-state index in [-0.39, 0.29) is 5.91 Å². The Bertz CT molecular complexity index is 837. The molecule has 170 valence electrons. The normalized spacial score (nSPS) is 11.0. The van der Waals surface area contributed by atoms with Gasteiger partial charge in [-0.15, -0.1) is 0 Å². The number of methoxy groups -OCH3 is 3. The first-order chi connectivity index (χ1) is 14.8. The molecule has 8 heteroatoms. The largest absolute Gasteiger partial charge is 0.493 e. The number of pyridine rings is 1. The van der Waals surface area contributed by atoms with Crippen LogP contribution < -0.4 is 24.8 Å². The number of hydrogen-bond acceptors (Lipinski definition) is 7. The summed E-state index contributed by atoms with van der Waals surface area (Å²) in [6.07, 6.45) is 1.60. The molecular formula is C23H34N4O4. The van der Waals surface area contributed by atoms with Gasteiger partial charge in [-0.3, -0.25) is 9.69 Å². The Labute approximate surface area is 184 Å². The summed E-state index contributed by atoms with van der Waals surface area (Å²) in [6, 6.07) is 7.81. The lowest BCUT2D eigenvalue weighted by molar-refractivity contribution is 0.0939.